The highest BCUT2D eigenvalue weighted by atomic mass is 35.5. The predicted octanol–water partition coefficient (Wildman–Crippen LogP) is 1.03. The molecule has 1 aromatic rings. The lowest BCUT2D eigenvalue weighted by molar-refractivity contribution is -0.141. The maximum atomic E-state index is 11.4. The number of amides is 1. The Morgan fingerprint density at radius 2 is 2.25 bits per heavy atom. The molecule has 0 unspecified atom stereocenters. The van der Waals surface area contributed by atoms with E-state index in [1.54, 1.807) is 13.0 Å². The Morgan fingerprint density at radius 1 is 1.50 bits per heavy atom. The third-order valence-electron chi connectivity index (χ3n) is 1.66. The molecule has 0 aliphatic heterocycles. The normalized spacial score (nSPS) is 9.62. The molecular weight excluding hydrogens is 232 g/mol. The summed E-state index contributed by atoms with van der Waals surface area (Å²) < 4.78 is 4.65. The first kappa shape index (κ1) is 12.4. The molecule has 86 valence electrons. The Hall–Kier alpha value is -1.62. The van der Waals surface area contributed by atoms with Crippen molar-refractivity contribution < 1.29 is 14.3 Å². The van der Waals surface area contributed by atoms with Crippen LogP contribution in [0.25, 0.3) is 0 Å². The summed E-state index contributed by atoms with van der Waals surface area (Å²) in [4.78, 5) is 26.2. The lowest BCUT2D eigenvalue weighted by Gasteiger charge is -2.04. The van der Waals surface area contributed by atoms with Crippen molar-refractivity contribution in [3.05, 3.63) is 29.0 Å². The zero-order valence-electron chi connectivity index (χ0n) is 8.70. The highest BCUT2D eigenvalue weighted by Gasteiger charge is 2.09. The summed E-state index contributed by atoms with van der Waals surface area (Å²) in [5.74, 6) is -0.922. The van der Waals surface area contributed by atoms with Crippen molar-refractivity contribution in [3.63, 3.8) is 0 Å². The van der Waals surface area contributed by atoms with Crippen LogP contribution in [-0.4, -0.2) is 30.0 Å². The fraction of sp³-hybridized carbons (Fsp3) is 0.300. The number of halogens is 1. The van der Waals surface area contributed by atoms with E-state index in [-0.39, 0.29) is 18.8 Å². The highest BCUT2D eigenvalue weighted by molar-refractivity contribution is 6.30. The van der Waals surface area contributed by atoms with Gasteiger partial charge in [-0.25, -0.2) is 4.98 Å². The highest BCUT2D eigenvalue weighted by Crippen LogP contribution is 2.05. The van der Waals surface area contributed by atoms with E-state index in [0.717, 1.165) is 0 Å². The molecule has 0 atom stereocenters. The molecule has 1 aromatic heterocycles. The molecule has 1 heterocycles. The van der Waals surface area contributed by atoms with Crippen molar-refractivity contribution in [3.8, 4) is 0 Å². The van der Waals surface area contributed by atoms with E-state index in [4.69, 9.17) is 11.6 Å². The van der Waals surface area contributed by atoms with Crippen molar-refractivity contribution >= 4 is 23.5 Å². The molecule has 0 aliphatic rings. The predicted molar refractivity (Wildman–Crippen MR) is 58.2 cm³/mol. The molecule has 0 saturated heterocycles. The summed E-state index contributed by atoms with van der Waals surface area (Å²) in [7, 11) is 0. The molecule has 0 aromatic carbocycles. The second-order valence-electron chi connectivity index (χ2n) is 2.85. The summed E-state index contributed by atoms with van der Waals surface area (Å²) in [6, 6.07) is 3.02. The second kappa shape index (κ2) is 6.07. The van der Waals surface area contributed by atoms with Crippen LogP contribution in [0.4, 0.5) is 0 Å². The molecule has 0 spiro atoms. The minimum absolute atomic E-state index is 0.170. The first-order chi connectivity index (χ1) is 7.63. The van der Waals surface area contributed by atoms with Crippen LogP contribution in [-0.2, 0) is 9.53 Å². The number of nitrogens with one attached hydrogen (secondary N) is 1. The van der Waals surface area contributed by atoms with Gasteiger partial charge in [0.2, 0.25) is 0 Å². The van der Waals surface area contributed by atoms with Crippen LogP contribution < -0.4 is 5.32 Å². The average Bonchev–Trinajstić information content (AvgIpc) is 2.27. The van der Waals surface area contributed by atoms with Gasteiger partial charge in [-0.2, -0.15) is 0 Å². The Kier molecular flexibility index (Phi) is 4.72. The van der Waals surface area contributed by atoms with E-state index in [2.05, 4.69) is 15.0 Å². The monoisotopic (exact) mass is 242 g/mol. The minimum atomic E-state index is -0.482. The smallest absolute Gasteiger partial charge is 0.325 e. The number of hydrogen-bond acceptors (Lipinski definition) is 4. The molecule has 0 bridgehead atoms. The Morgan fingerprint density at radius 3 is 2.81 bits per heavy atom. The zero-order valence-corrected chi connectivity index (χ0v) is 9.45. The number of pyridine rings is 1. The maximum absolute atomic E-state index is 11.4. The molecule has 0 aliphatic carbocycles. The van der Waals surface area contributed by atoms with Gasteiger partial charge in [-0.15, -0.1) is 0 Å². The number of ether oxygens (including phenoxy) is 1. The van der Waals surface area contributed by atoms with Gasteiger partial charge < -0.3 is 10.1 Å². The molecule has 0 saturated carbocycles. The van der Waals surface area contributed by atoms with Crippen molar-refractivity contribution in [1.82, 2.24) is 10.3 Å². The average molecular weight is 243 g/mol. The number of esters is 1. The van der Waals surface area contributed by atoms with E-state index in [1.165, 1.54) is 12.3 Å². The maximum Gasteiger partial charge on any atom is 0.325 e. The quantitative estimate of drug-likeness (QED) is 0.801. The summed E-state index contributed by atoms with van der Waals surface area (Å²) in [5, 5.41) is 2.83. The minimum Gasteiger partial charge on any atom is -0.465 e. The number of carbonyl (C=O) groups excluding carboxylic acids is 2. The second-order valence-corrected chi connectivity index (χ2v) is 3.29. The van der Waals surface area contributed by atoms with Gasteiger partial charge in [0.25, 0.3) is 5.91 Å². The van der Waals surface area contributed by atoms with Crippen LogP contribution in [0, 0.1) is 0 Å². The first-order valence-electron chi connectivity index (χ1n) is 4.69. The van der Waals surface area contributed by atoms with E-state index in [0.29, 0.717) is 5.02 Å². The molecule has 1 amide bonds. The molecule has 6 heteroatoms. The molecule has 0 radical (unpaired) electrons. The lowest BCUT2D eigenvalue weighted by Crippen LogP contribution is -2.31. The number of carbonyl (C=O) groups is 2. The standard InChI is InChI=1S/C10H11ClN2O3/c1-2-16-9(14)6-13-10(15)8-4-3-7(11)5-12-8/h3-5H,2,6H2,1H3,(H,13,15). The number of nitrogens with zero attached hydrogens (tertiary/aromatic N) is 1. The largest absolute Gasteiger partial charge is 0.465 e. The van der Waals surface area contributed by atoms with Crippen molar-refractivity contribution in [2.45, 2.75) is 6.92 Å². The fourth-order valence-corrected chi connectivity index (χ4v) is 1.08. The molecule has 5 nitrogen and oxygen atoms in total. The fourth-order valence-electron chi connectivity index (χ4n) is 0.965. The van der Waals surface area contributed by atoms with Crippen LogP contribution in [0.2, 0.25) is 5.02 Å². The zero-order chi connectivity index (χ0) is 12.0. The van der Waals surface area contributed by atoms with E-state index < -0.39 is 11.9 Å². The number of aromatic nitrogens is 1. The third-order valence-corrected chi connectivity index (χ3v) is 1.88. The molecular formula is C10H11ClN2O3. The summed E-state index contributed by atoms with van der Waals surface area (Å²) >= 11 is 5.62. The van der Waals surface area contributed by atoms with Crippen LogP contribution in [0.3, 0.4) is 0 Å². The van der Waals surface area contributed by atoms with Gasteiger partial charge in [0.15, 0.2) is 0 Å². The van der Waals surface area contributed by atoms with Gasteiger partial charge in [0.05, 0.1) is 11.6 Å². The van der Waals surface area contributed by atoms with Crippen LogP contribution in [0.1, 0.15) is 17.4 Å². The summed E-state index contributed by atoms with van der Waals surface area (Å²) in [5.41, 5.74) is 0.202. The molecule has 1 rings (SSSR count). The van der Waals surface area contributed by atoms with Crippen molar-refractivity contribution in [2.24, 2.45) is 0 Å². The van der Waals surface area contributed by atoms with Gasteiger partial charge in [-0.05, 0) is 19.1 Å². The van der Waals surface area contributed by atoms with Crippen LogP contribution in [0.5, 0.6) is 0 Å². The third kappa shape index (κ3) is 3.86. The molecule has 0 fully saturated rings. The Labute approximate surface area is 97.8 Å². The number of rotatable bonds is 4. The lowest BCUT2D eigenvalue weighted by atomic mass is 10.3. The topological polar surface area (TPSA) is 68.3 Å². The van der Waals surface area contributed by atoms with E-state index in [1.807, 2.05) is 0 Å². The van der Waals surface area contributed by atoms with Crippen molar-refractivity contribution in [1.29, 1.82) is 0 Å². The SMILES string of the molecule is CCOC(=O)CNC(=O)c1ccc(Cl)cn1. The summed E-state index contributed by atoms with van der Waals surface area (Å²) in [6.45, 7) is 1.81. The van der Waals surface area contributed by atoms with Gasteiger partial charge in [0.1, 0.15) is 12.2 Å². The first-order valence-corrected chi connectivity index (χ1v) is 5.06. The molecule has 16 heavy (non-hydrogen) atoms. The van der Waals surface area contributed by atoms with Gasteiger partial charge in [0, 0.05) is 6.20 Å². The van der Waals surface area contributed by atoms with Gasteiger partial charge in [-0.3, -0.25) is 9.59 Å². The molecule has 1 N–H and O–H groups in total. The summed E-state index contributed by atoms with van der Waals surface area (Å²) in [6.07, 6.45) is 1.36. The Bertz CT molecular complexity index is 378. The van der Waals surface area contributed by atoms with E-state index >= 15 is 0 Å². The van der Waals surface area contributed by atoms with Gasteiger partial charge >= 0.3 is 5.97 Å². The Balaban J connectivity index is 2.47. The van der Waals surface area contributed by atoms with Crippen LogP contribution >= 0.6 is 11.6 Å². The van der Waals surface area contributed by atoms with Gasteiger partial charge in [-0.1, -0.05) is 11.6 Å². The number of hydrogen-bond donors (Lipinski definition) is 1. The van der Waals surface area contributed by atoms with Crippen molar-refractivity contribution in [2.75, 3.05) is 13.2 Å². The van der Waals surface area contributed by atoms with Crippen LogP contribution in [0.15, 0.2) is 18.3 Å². The van der Waals surface area contributed by atoms with E-state index in [9.17, 15) is 9.59 Å².